The SMILES string of the molecule is CCCCCCCCCCCCCCCCC(O)C(CO)NC(=O)CCCCCCCCCCCCCCCCCCCCCCCOC(=O)CCCCCCCCCCCCCC. The molecule has 382 valence electrons. The number of carbonyl (C=O) groups is 2. The summed E-state index contributed by atoms with van der Waals surface area (Å²) in [5.41, 5.74) is 0. The molecule has 0 fully saturated rings. The second-order valence-electron chi connectivity index (χ2n) is 20.3. The molecule has 1 amide bonds. The highest BCUT2D eigenvalue weighted by Gasteiger charge is 2.20. The van der Waals surface area contributed by atoms with Crippen LogP contribution in [-0.4, -0.2) is 47.4 Å². The molecule has 0 saturated heterocycles. The van der Waals surface area contributed by atoms with Gasteiger partial charge in [-0.1, -0.05) is 296 Å². The van der Waals surface area contributed by atoms with E-state index in [2.05, 4.69) is 19.2 Å². The van der Waals surface area contributed by atoms with Crippen molar-refractivity contribution in [1.82, 2.24) is 5.32 Å². The van der Waals surface area contributed by atoms with Gasteiger partial charge in [0.1, 0.15) is 0 Å². The van der Waals surface area contributed by atoms with Gasteiger partial charge in [-0.05, 0) is 25.7 Å². The fourth-order valence-electron chi connectivity index (χ4n) is 9.41. The number of aliphatic hydroxyl groups excluding tert-OH is 2. The summed E-state index contributed by atoms with van der Waals surface area (Å²) in [4.78, 5) is 24.5. The lowest BCUT2D eigenvalue weighted by Crippen LogP contribution is -2.45. The van der Waals surface area contributed by atoms with E-state index in [0.29, 0.717) is 25.9 Å². The molecule has 64 heavy (non-hydrogen) atoms. The van der Waals surface area contributed by atoms with E-state index in [-0.39, 0.29) is 18.5 Å². The van der Waals surface area contributed by atoms with Crippen molar-refractivity contribution >= 4 is 11.9 Å². The predicted molar refractivity (Wildman–Crippen MR) is 278 cm³/mol. The Bertz CT molecular complexity index is 913. The number of carbonyl (C=O) groups excluding carboxylic acids is 2. The standard InChI is InChI=1S/C58H115NO5/c1-3-5-7-9-11-13-15-17-27-30-34-38-42-46-50-56(61)55(54-60)59-57(62)51-47-43-39-35-31-28-25-23-21-19-18-20-22-24-26-29-33-37-41-45-49-53-64-58(63)52-48-44-40-36-32-16-14-12-10-8-6-4-2/h55-56,60-61H,3-54H2,1-2H3,(H,59,62). The number of unbranched alkanes of at least 4 members (excludes halogenated alkanes) is 44. The molecular formula is C58H115NO5. The topological polar surface area (TPSA) is 95.9 Å². The van der Waals surface area contributed by atoms with Crippen LogP contribution in [0.25, 0.3) is 0 Å². The minimum absolute atomic E-state index is 0.0135. The van der Waals surface area contributed by atoms with Gasteiger partial charge in [0.05, 0.1) is 25.4 Å². The summed E-state index contributed by atoms with van der Waals surface area (Å²) in [6, 6.07) is -0.540. The largest absolute Gasteiger partial charge is 0.466 e. The second kappa shape index (κ2) is 54.5. The number of nitrogens with one attached hydrogen (secondary N) is 1. The van der Waals surface area contributed by atoms with E-state index >= 15 is 0 Å². The summed E-state index contributed by atoms with van der Waals surface area (Å²) in [5, 5.41) is 23.3. The molecule has 0 aromatic heterocycles. The van der Waals surface area contributed by atoms with Crippen molar-refractivity contribution in [3.8, 4) is 0 Å². The van der Waals surface area contributed by atoms with Crippen LogP contribution < -0.4 is 5.32 Å². The van der Waals surface area contributed by atoms with Crippen LogP contribution >= 0.6 is 0 Å². The number of hydrogen-bond donors (Lipinski definition) is 3. The first kappa shape index (κ1) is 62.9. The molecule has 0 rings (SSSR count). The lowest BCUT2D eigenvalue weighted by Gasteiger charge is -2.22. The third kappa shape index (κ3) is 50.3. The smallest absolute Gasteiger partial charge is 0.305 e. The van der Waals surface area contributed by atoms with E-state index in [1.807, 2.05) is 0 Å². The Balaban J connectivity index is 3.37. The minimum atomic E-state index is -0.663. The molecule has 0 heterocycles. The van der Waals surface area contributed by atoms with Crippen LogP contribution in [0.1, 0.15) is 335 Å². The highest BCUT2D eigenvalue weighted by Crippen LogP contribution is 2.18. The number of esters is 1. The number of aliphatic hydroxyl groups is 2. The van der Waals surface area contributed by atoms with Crippen LogP contribution in [-0.2, 0) is 14.3 Å². The van der Waals surface area contributed by atoms with Crippen LogP contribution in [0, 0.1) is 0 Å². The van der Waals surface area contributed by atoms with Crippen molar-refractivity contribution in [3.63, 3.8) is 0 Å². The maximum Gasteiger partial charge on any atom is 0.305 e. The highest BCUT2D eigenvalue weighted by molar-refractivity contribution is 5.76. The Morgan fingerprint density at radius 3 is 0.953 bits per heavy atom. The highest BCUT2D eigenvalue weighted by atomic mass is 16.5. The Morgan fingerprint density at radius 1 is 0.375 bits per heavy atom. The van der Waals surface area contributed by atoms with E-state index < -0.39 is 12.1 Å². The molecule has 3 N–H and O–H groups in total. The van der Waals surface area contributed by atoms with Gasteiger partial charge in [0.2, 0.25) is 5.91 Å². The molecule has 0 aromatic carbocycles. The molecular weight excluding hydrogens is 791 g/mol. The Hall–Kier alpha value is -1.14. The first-order valence-electron chi connectivity index (χ1n) is 29.3. The normalized spacial score (nSPS) is 12.5. The van der Waals surface area contributed by atoms with Crippen LogP contribution in [0.2, 0.25) is 0 Å². The summed E-state index contributed by atoms with van der Waals surface area (Å²) in [6.45, 7) is 4.97. The molecule has 0 bridgehead atoms. The second-order valence-corrected chi connectivity index (χ2v) is 20.3. The molecule has 0 aliphatic heterocycles. The van der Waals surface area contributed by atoms with E-state index in [9.17, 15) is 19.8 Å². The molecule has 6 nitrogen and oxygen atoms in total. The van der Waals surface area contributed by atoms with Crippen LogP contribution in [0.4, 0.5) is 0 Å². The molecule has 6 heteroatoms. The lowest BCUT2D eigenvalue weighted by molar-refractivity contribution is -0.143. The average Bonchev–Trinajstić information content (AvgIpc) is 3.29. The fraction of sp³-hybridized carbons (Fsp3) is 0.966. The molecule has 0 aliphatic rings. The summed E-state index contributed by atoms with van der Waals surface area (Å²) >= 11 is 0. The quantitative estimate of drug-likeness (QED) is 0.0417. The summed E-state index contributed by atoms with van der Waals surface area (Å²) in [5.74, 6) is -0.0201. The van der Waals surface area contributed by atoms with Gasteiger partial charge >= 0.3 is 5.97 Å². The van der Waals surface area contributed by atoms with Crippen LogP contribution in [0.15, 0.2) is 0 Å². The Morgan fingerprint density at radius 2 is 0.641 bits per heavy atom. The molecule has 2 unspecified atom stereocenters. The summed E-state index contributed by atoms with van der Waals surface area (Å²) in [6.07, 6.45) is 62.4. The van der Waals surface area contributed by atoms with Gasteiger partial charge in [-0.2, -0.15) is 0 Å². The minimum Gasteiger partial charge on any atom is -0.466 e. The van der Waals surface area contributed by atoms with E-state index in [1.165, 1.54) is 263 Å². The number of ether oxygens (including phenoxy) is 1. The van der Waals surface area contributed by atoms with Gasteiger partial charge in [0, 0.05) is 12.8 Å². The zero-order valence-electron chi connectivity index (χ0n) is 43.5. The van der Waals surface area contributed by atoms with Crippen LogP contribution in [0.5, 0.6) is 0 Å². The maximum atomic E-state index is 12.5. The monoisotopic (exact) mass is 906 g/mol. The van der Waals surface area contributed by atoms with Gasteiger partial charge in [-0.3, -0.25) is 9.59 Å². The molecule has 0 aromatic rings. The van der Waals surface area contributed by atoms with Crippen molar-refractivity contribution in [1.29, 1.82) is 0 Å². The average molecular weight is 907 g/mol. The van der Waals surface area contributed by atoms with Crippen molar-refractivity contribution < 1.29 is 24.5 Å². The zero-order chi connectivity index (χ0) is 46.5. The van der Waals surface area contributed by atoms with E-state index in [4.69, 9.17) is 4.74 Å². The van der Waals surface area contributed by atoms with Crippen molar-refractivity contribution in [2.24, 2.45) is 0 Å². The molecule has 0 radical (unpaired) electrons. The third-order valence-electron chi connectivity index (χ3n) is 13.9. The van der Waals surface area contributed by atoms with Gasteiger partial charge in [0.25, 0.3) is 0 Å². The summed E-state index contributed by atoms with van der Waals surface area (Å²) < 4.78 is 5.47. The number of rotatable bonds is 55. The van der Waals surface area contributed by atoms with Crippen LogP contribution in [0.3, 0.4) is 0 Å². The Labute approximate surface area is 400 Å². The number of hydrogen-bond acceptors (Lipinski definition) is 5. The lowest BCUT2D eigenvalue weighted by atomic mass is 10.0. The van der Waals surface area contributed by atoms with Gasteiger partial charge in [-0.15, -0.1) is 0 Å². The van der Waals surface area contributed by atoms with Gasteiger partial charge in [0.15, 0.2) is 0 Å². The molecule has 2 atom stereocenters. The number of amides is 1. The van der Waals surface area contributed by atoms with E-state index in [1.54, 1.807) is 0 Å². The van der Waals surface area contributed by atoms with Crippen molar-refractivity contribution in [2.75, 3.05) is 13.2 Å². The first-order chi connectivity index (χ1) is 31.5. The molecule has 0 aliphatic carbocycles. The third-order valence-corrected chi connectivity index (χ3v) is 13.9. The van der Waals surface area contributed by atoms with Crippen molar-refractivity contribution in [2.45, 2.75) is 347 Å². The zero-order valence-corrected chi connectivity index (χ0v) is 43.5. The maximum absolute atomic E-state index is 12.5. The predicted octanol–water partition coefficient (Wildman–Crippen LogP) is 17.9. The summed E-state index contributed by atoms with van der Waals surface area (Å²) in [7, 11) is 0. The fourth-order valence-corrected chi connectivity index (χ4v) is 9.41. The first-order valence-corrected chi connectivity index (χ1v) is 29.3. The van der Waals surface area contributed by atoms with Gasteiger partial charge in [-0.25, -0.2) is 0 Å². The van der Waals surface area contributed by atoms with E-state index in [0.717, 1.165) is 38.5 Å². The van der Waals surface area contributed by atoms with Gasteiger partial charge < -0.3 is 20.3 Å². The molecule has 0 spiro atoms. The molecule has 0 saturated carbocycles. The van der Waals surface area contributed by atoms with Crippen molar-refractivity contribution in [3.05, 3.63) is 0 Å². The Kier molecular flexibility index (Phi) is 53.5.